The fourth-order valence-corrected chi connectivity index (χ4v) is 1.25. The average molecular weight is 198 g/mol. The van der Waals surface area contributed by atoms with Gasteiger partial charge in [-0.2, -0.15) is 0 Å². The molecule has 2 rings (SSSR count). The monoisotopic (exact) mass is 198 g/mol. The normalized spacial score (nSPS) is 10.5. The number of benzene rings is 2. The van der Waals surface area contributed by atoms with Gasteiger partial charge in [0.1, 0.15) is 0 Å². The highest BCUT2D eigenvalue weighted by Crippen LogP contribution is 2.07. The molecule has 0 spiro atoms. The van der Waals surface area contributed by atoms with E-state index in [1.54, 1.807) is 24.3 Å². The summed E-state index contributed by atoms with van der Waals surface area (Å²) in [5, 5.41) is 2.74. The predicted octanol–water partition coefficient (Wildman–Crippen LogP) is 2.94. The van der Waals surface area contributed by atoms with Gasteiger partial charge in [-0.1, -0.05) is 36.4 Å². The molecule has 0 unspecified atom stereocenters. The van der Waals surface area contributed by atoms with Gasteiger partial charge < -0.3 is 5.32 Å². The number of rotatable bonds is 2. The first-order valence-corrected chi connectivity index (χ1v) is 4.69. The number of hydrogen-bond acceptors (Lipinski definition) is 1. The van der Waals surface area contributed by atoms with Crippen molar-refractivity contribution < 1.29 is 6.17 Å². The average Bonchev–Trinajstić information content (AvgIpc) is 2.31. The maximum atomic E-state index is 11.8. The SMILES string of the molecule is [2H]c1ccccc1C(=O)Nc1ccccc1. The molecule has 0 fully saturated rings. The van der Waals surface area contributed by atoms with Crippen molar-refractivity contribution in [3.8, 4) is 0 Å². The molecule has 0 aliphatic rings. The molecule has 1 amide bonds. The molecule has 74 valence electrons. The topological polar surface area (TPSA) is 29.1 Å². The van der Waals surface area contributed by atoms with Gasteiger partial charge in [-0.05, 0) is 24.2 Å². The van der Waals surface area contributed by atoms with E-state index in [0.717, 1.165) is 5.69 Å². The van der Waals surface area contributed by atoms with Crippen LogP contribution in [0.1, 0.15) is 11.7 Å². The van der Waals surface area contributed by atoms with Crippen molar-refractivity contribution in [1.29, 1.82) is 0 Å². The molecule has 2 aromatic rings. The molecular weight excluding hydrogens is 186 g/mol. The van der Waals surface area contributed by atoms with Crippen LogP contribution in [0.25, 0.3) is 0 Å². The van der Waals surface area contributed by atoms with Gasteiger partial charge in [0.15, 0.2) is 0 Å². The molecule has 15 heavy (non-hydrogen) atoms. The van der Waals surface area contributed by atoms with Crippen molar-refractivity contribution in [3.63, 3.8) is 0 Å². The maximum absolute atomic E-state index is 11.8. The van der Waals surface area contributed by atoms with Crippen LogP contribution in [-0.4, -0.2) is 5.91 Å². The van der Waals surface area contributed by atoms with E-state index in [2.05, 4.69) is 5.32 Å². The molecule has 2 aromatic carbocycles. The van der Waals surface area contributed by atoms with Crippen LogP contribution in [0.3, 0.4) is 0 Å². The summed E-state index contributed by atoms with van der Waals surface area (Å²) in [7, 11) is 0. The summed E-state index contributed by atoms with van der Waals surface area (Å²) in [5.41, 5.74) is 1.11. The number of amides is 1. The zero-order chi connectivity index (χ0) is 11.4. The summed E-state index contributed by atoms with van der Waals surface area (Å²) in [6.45, 7) is 0. The third kappa shape index (κ3) is 2.44. The molecule has 0 aromatic heterocycles. The molecule has 0 saturated carbocycles. The summed E-state index contributed by atoms with van der Waals surface area (Å²) in [6, 6.07) is 16.2. The minimum atomic E-state index is -0.253. The predicted molar refractivity (Wildman–Crippen MR) is 60.8 cm³/mol. The second-order valence-electron chi connectivity index (χ2n) is 3.10. The Labute approximate surface area is 90.0 Å². The number of hydrogen-bond donors (Lipinski definition) is 1. The number of nitrogens with one attached hydrogen (secondary N) is 1. The smallest absolute Gasteiger partial charge is 0.255 e. The lowest BCUT2D eigenvalue weighted by Gasteiger charge is -2.03. The van der Waals surface area contributed by atoms with E-state index in [0.29, 0.717) is 5.56 Å². The van der Waals surface area contributed by atoms with Crippen molar-refractivity contribution in [2.75, 3.05) is 5.32 Å². The van der Waals surface area contributed by atoms with E-state index in [9.17, 15) is 4.79 Å². The van der Waals surface area contributed by atoms with Crippen molar-refractivity contribution in [1.82, 2.24) is 0 Å². The molecule has 2 nitrogen and oxygen atoms in total. The van der Waals surface area contributed by atoms with Gasteiger partial charge in [-0.25, -0.2) is 0 Å². The third-order valence-electron chi connectivity index (χ3n) is 1.99. The largest absolute Gasteiger partial charge is 0.322 e. The highest BCUT2D eigenvalue weighted by atomic mass is 16.1. The molecule has 0 bridgehead atoms. The molecule has 0 atom stereocenters. The Morgan fingerprint density at radius 3 is 2.40 bits per heavy atom. The van der Waals surface area contributed by atoms with Crippen LogP contribution in [0.2, 0.25) is 0 Å². The summed E-state index contributed by atoms with van der Waals surface area (Å²) in [5.74, 6) is -0.253. The molecular formula is C13H11NO. The van der Waals surface area contributed by atoms with Crippen LogP contribution in [-0.2, 0) is 0 Å². The first-order valence-electron chi connectivity index (χ1n) is 5.19. The van der Waals surface area contributed by atoms with E-state index in [1.807, 2.05) is 30.3 Å². The van der Waals surface area contributed by atoms with E-state index in [4.69, 9.17) is 1.37 Å². The molecule has 0 aliphatic carbocycles. The van der Waals surface area contributed by atoms with Crippen LogP contribution in [0.15, 0.2) is 60.6 Å². The zero-order valence-corrected chi connectivity index (χ0v) is 8.10. The van der Waals surface area contributed by atoms with Crippen LogP contribution >= 0.6 is 0 Å². The molecule has 0 saturated heterocycles. The number of carbonyl (C=O) groups is 1. The Morgan fingerprint density at radius 1 is 1.00 bits per heavy atom. The molecule has 2 heteroatoms. The van der Waals surface area contributed by atoms with Gasteiger partial charge in [-0.3, -0.25) is 4.79 Å². The van der Waals surface area contributed by atoms with E-state index >= 15 is 0 Å². The van der Waals surface area contributed by atoms with E-state index < -0.39 is 0 Å². The standard InChI is InChI=1S/C13H11NO/c15-13(11-7-3-1-4-8-11)14-12-9-5-2-6-10-12/h1-10H,(H,14,15)/i7D. The summed E-state index contributed by atoms with van der Waals surface area (Å²) < 4.78 is 7.61. The van der Waals surface area contributed by atoms with Crippen molar-refractivity contribution in [3.05, 3.63) is 66.2 Å². The van der Waals surface area contributed by atoms with Crippen molar-refractivity contribution in [2.45, 2.75) is 0 Å². The summed E-state index contributed by atoms with van der Waals surface area (Å²) in [6.07, 6.45) is 0. The molecule has 0 heterocycles. The lowest BCUT2D eigenvalue weighted by atomic mass is 10.2. The van der Waals surface area contributed by atoms with Gasteiger partial charge in [0, 0.05) is 11.3 Å². The molecule has 0 radical (unpaired) electrons. The van der Waals surface area contributed by atoms with Gasteiger partial charge in [0.2, 0.25) is 0 Å². The van der Waals surface area contributed by atoms with Crippen LogP contribution < -0.4 is 5.32 Å². The second-order valence-corrected chi connectivity index (χ2v) is 3.10. The van der Waals surface area contributed by atoms with Crippen LogP contribution in [0.5, 0.6) is 0 Å². The zero-order valence-electron chi connectivity index (χ0n) is 9.10. The summed E-state index contributed by atoms with van der Waals surface area (Å²) in [4.78, 5) is 11.8. The first kappa shape index (κ1) is 8.24. The van der Waals surface area contributed by atoms with E-state index in [1.165, 1.54) is 0 Å². The highest BCUT2D eigenvalue weighted by Gasteiger charge is 2.03. The second kappa shape index (κ2) is 4.42. The maximum Gasteiger partial charge on any atom is 0.255 e. The fraction of sp³-hybridized carbons (Fsp3) is 0. The minimum absolute atomic E-state index is 0.232. The lowest BCUT2D eigenvalue weighted by Crippen LogP contribution is -2.11. The molecule has 1 N–H and O–H groups in total. The Kier molecular flexibility index (Phi) is 2.43. The number of para-hydroxylation sites is 1. The van der Waals surface area contributed by atoms with Gasteiger partial charge in [0.25, 0.3) is 5.91 Å². The highest BCUT2D eigenvalue weighted by molar-refractivity contribution is 6.04. The van der Waals surface area contributed by atoms with Gasteiger partial charge in [0.05, 0.1) is 1.37 Å². The lowest BCUT2D eigenvalue weighted by molar-refractivity contribution is 0.102. The van der Waals surface area contributed by atoms with Crippen molar-refractivity contribution in [2.24, 2.45) is 0 Å². The Morgan fingerprint density at radius 2 is 1.67 bits per heavy atom. The molecule has 0 aliphatic heterocycles. The third-order valence-corrected chi connectivity index (χ3v) is 1.99. The Balaban J connectivity index is 2.19. The summed E-state index contributed by atoms with van der Waals surface area (Å²) >= 11 is 0. The number of anilines is 1. The first-order chi connectivity index (χ1) is 7.77. The van der Waals surface area contributed by atoms with Gasteiger partial charge >= 0.3 is 0 Å². The minimum Gasteiger partial charge on any atom is -0.322 e. The Bertz CT molecular complexity index is 496. The fourth-order valence-electron chi connectivity index (χ4n) is 1.25. The van der Waals surface area contributed by atoms with Crippen LogP contribution in [0.4, 0.5) is 5.69 Å². The van der Waals surface area contributed by atoms with E-state index in [-0.39, 0.29) is 11.9 Å². The van der Waals surface area contributed by atoms with Crippen molar-refractivity contribution >= 4 is 11.6 Å². The quantitative estimate of drug-likeness (QED) is 0.789. The van der Waals surface area contributed by atoms with Gasteiger partial charge in [-0.15, -0.1) is 0 Å². The Hall–Kier alpha value is -2.09. The van der Waals surface area contributed by atoms with Crippen LogP contribution in [0, 0.1) is 0 Å². The number of carbonyl (C=O) groups excluding carboxylic acids is 1.